The van der Waals surface area contributed by atoms with E-state index in [0.29, 0.717) is 6.54 Å². The van der Waals surface area contributed by atoms with Gasteiger partial charge in [0.1, 0.15) is 17.5 Å². The quantitative estimate of drug-likeness (QED) is 0.777. The van der Waals surface area contributed by atoms with Crippen molar-refractivity contribution in [2.75, 3.05) is 29.9 Å². The van der Waals surface area contributed by atoms with E-state index in [-0.39, 0.29) is 18.4 Å². The Hall–Kier alpha value is -1.85. The van der Waals surface area contributed by atoms with Crippen LogP contribution in [-0.2, 0) is 4.79 Å². The number of anilines is 2. The summed E-state index contributed by atoms with van der Waals surface area (Å²) < 4.78 is 0. The average molecular weight is 265 g/mol. The molecule has 1 heterocycles. The summed E-state index contributed by atoms with van der Waals surface area (Å²) in [4.78, 5) is 21.9. The number of hydrogen-bond acceptors (Lipinski definition) is 5. The molecule has 0 saturated heterocycles. The smallest absolute Gasteiger partial charge is 0.236 e. The van der Waals surface area contributed by atoms with E-state index < -0.39 is 0 Å². The Morgan fingerprint density at radius 2 is 2.11 bits per heavy atom. The third kappa shape index (κ3) is 4.39. The summed E-state index contributed by atoms with van der Waals surface area (Å²) in [5.74, 6) is 2.13. The number of nitrogens with zero attached hydrogens (tertiary/aromatic N) is 3. The maximum absolute atomic E-state index is 11.1. The molecule has 6 heteroatoms. The Morgan fingerprint density at radius 1 is 1.42 bits per heavy atom. The number of hydrogen-bond donors (Lipinski definition) is 2. The molecule has 0 radical (unpaired) electrons. The van der Waals surface area contributed by atoms with Crippen LogP contribution in [0, 0.1) is 0 Å². The normalized spacial score (nSPS) is 10.6. The minimum absolute atomic E-state index is 0.163. The maximum Gasteiger partial charge on any atom is 0.236 e. The van der Waals surface area contributed by atoms with E-state index in [1.807, 2.05) is 38.7 Å². The lowest BCUT2D eigenvalue weighted by Crippen LogP contribution is -2.34. The Labute approximate surface area is 114 Å². The first kappa shape index (κ1) is 15.2. The fourth-order valence-corrected chi connectivity index (χ4v) is 1.69. The van der Waals surface area contributed by atoms with Crippen molar-refractivity contribution >= 4 is 17.5 Å². The zero-order chi connectivity index (χ0) is 14.4. The minimum atomic E-state index is -0.364. The van der Waals surface area contributed by atoms with Gasteiger partial charge in [0, 0.05) is 25.1 Å². The van der Waals surface area contributed by atoms with Crippen molar-refractivity contribution in [1.82, 2.24) is 9.97 Å². The molecule has 1 aromatic heterocycles. The van der Waals surface area contributed by atoms with Crippen LogP contribution in [0.4, 0.5) is 11.6 Å². The second-order valence-corrected chi connectivity index (χ2v) is 4.64. The van der Waals surface area contributed by atoms with E-state index in [9.17, 15) is 4.79 Å². The van der Waals surface area contributed by atoms with Gasteiger partial charge in [-0.15, -0.1) is 0 Å². The van der Waals surface area contributed by atoms with Gasteiger partial charge in [0.05, 0.1) is 6.54 Å². The highest BCUT2D eigenvalue weighted by molar-refractivity contribution is 5.79. The molecular formula is C13H23N5O. The van der Waals surface area contributed by atoms with Crippen molar-refractivity contribution < 1.29 is 4.79 Å². The first-order valence-corrected chi connectivity index (χ1v) is 6.64. The number of rotatable bonds is 7. The Morgan fingerprint density at radius 3 is 2.58 bits per heavy atom. The third-order valence-corrected chi connectivity index (χ3v) is 2.66. The van der Waals surface area contributed by atoms with E-state index >= 15 is 0 Å². The molecule has 0 aliphatic heterocycles. The van der Waals surface area contributed by atoms with Crippen LogP contribution in [0.15, 0.2) is 6.07 Å². The van der Waals surface area contributed by atoms with Crippen LogP contribution in [0.2, 0.25) is 0 Å². The average Bonchev–Trinajstić information content (AvgIpc) is 2.35. The number of carbonyl (C=O) groups is 1. The topological polar surface area (TPSA) is 84.1 Å². The number of likely N-dealkylation sites (N-methyl/N-ethyl adjacent to an activating group) is 1. The Kier molecular flexibility index (Phi) is 5.54. The maximum atomic E-state index is 11.1. The molecule has 1 amide bonds. The van der Waals surface area contributed by atoms with Gasteiger partial charge in [-0.2, -0.15) is 0 Å². The van der Waals surface area contributed by atoms with E-state index in [1.54, 1.807) is 0 Å². The lowest BCUT2D eigenvalue weighted by atomic mass is 10.2. The fraction of sp³-hybridized carbons (Fsp3) is 0.615. The molecule has 3 N–H and O–H groups in total. The number of nitrogens with two attached hydrogens (primary N) is 1. The lowest BCUT2D eigenvalue weighted by Gasteiger charge is -2.22. The first-order valence-electron chi connectivity index (χ1n) is 6.64. The largest absolute Gasteiger partial charge is 0.370 e. The second-order valence-electron chi connectivity index (χ2n) is 4.64. The first-order chi connectivity index (χ1) is 8.97. The molecule has 0 aromatic carbocycles. The Balaban J connectivity index is 3.12. The monoisotopic (exact) mass is 265 g/mol. The summed E-state index contributed by atoms with van der Waals surface area (Å²) >= 11 is 0. The van der Waals surface area contributed by atoms with Crippen LogP contribution >= 0.6 is 0 Å². The molecule has 0 spiro atoms. The predicted molar refractivity (Wildman–Crippen MR) is 77.4 cm³/mol. The summed E-state index contributed by atoms with van der Waals surface area (Å²) in [6, 6.07) is 1.85. The van der Waals surface area contributed by atoms with Gasteiger partial charge in [0.2, 0.25) is 5.91 Å². The molecule has 0 atom stereocenters. The van der Waals surface area contributed by atoms with Gasteiger partial charge >= 0.3 is 0 Å². The van der Waals surface area contributed by atoms with Crippen LogP contribution in [0.25, 0.3) is 0 Å². The van der Waals surface area contributed by atoms with Crippen molar-refractivity contribution in [3.8, 4) is 0 Å². The number of amides is 1. The van der Waals surface area contributed by atoms with Gasteiger partial charge < -0.3 is 16.0 Å². The van der Waals surface area contributed by atoms with Crippen LogP contribution < -0.4 is 16.0 Å². The van der Waals surface area contributed by atoms with Gasteiger partial charge in [-0.05, 0) is 13.8 Å². The molecule has 0 unspecified atom stereocenters. The van der Waals surface area contributed by atoms with Crippen LogP contribution in [0.3, 0.4) is 0 Å². The summed E-state index contributed by atoms with van der Waals surface area (Å²) in [7, 11) is 0. The molecule has 1 rings (SSSR count). The van der Waals surface area contributed by atoms with Crippen LogP contribution in [0.1, 0.15) is 39.4 Å². The second kappa shape index (κ2) is 6.92. The van der Waals surface area contributed by atoms with Crippen molar-refractivity contribution in [1.29, 1.82) is 0 Å². The van der Waals surface area contributed by atoms with Crippen LogP contribution in [-0.4, -0.2) is 35.5 Å². The van der Waals surface area contributed by atoms with Crippen molar-refractivity contribution in [3.05, 3.63) is 11.9 Å². The molecule has 0 aliphatic carbocycles. The van der Waals surface area contributed by atoms with Crippen molar-refractivity contribution in [3.63, 3.8) is 0 Å². The highest BCUT2D eigenvalue weighted by atomic mass is 16.1. The zero-order valence-electron chi connectivity index (χ0n) is 12.1. The predicted octanol–water partition coefficient (Wildman–Crippen LogP) is 1.34. The molecule has 106 valence electrons. The fourth-order valence-electron chi connectivity index (χ4n) is 1.69. The molecule has 6 nitrogen and oxygen atoms in total. The summed E-state index contributed by atoms with van der Waals surface area (Å²) in [5, 5.41) is 3.18. The lowest BCUT2D eigenvalue weighted by molar-refractivity contribution is -0.116. The van der Waals surface area contributed by atoms with E-state index in [0.717, 1.165) is 24.0 Å². The zero-order valence-corrected chi connectivity index (χ0v) is 12.1. The van der Waals surface area contributed by atoms with E-state index in [1.165, 1.54) is 0 Å². The molecule has 1 aromatic rings. The Bertz CT molecular complexity index is 433. The standard InChI is InChI=1S/C13H23N5O/c1-5-15-11-7-12(17-13(16-11)9(3)4)18(6-2)8-10(14)19/h7,9H,5-6,8H2,1-4H3,(H2,14,19)(H,15,16,17). The van der Waals surface area contributed by atoms with Crippen LogP contribution in [0.5, 0.6) is 0 Å². The molecule has 0 bridgehead atoms. The number of nitrogens with one attached hydrogen (secondary N) is 1. The number of carbonyl (C=O) groups excluding carboxylic acids is 1. The molecule has 0 aliphatic rings. The minimum Gasteiger partial charge on any atom is -0.370 e. The molecular weight excluding hydrogens is 242 g/mol. The number of aromatic nitrogens is 2. The molecule has 0 fully saturated rings. The highest BCUT2D eigenvalue weighted by Crippen LogP contribution is 2.19. The number of primary amides is 1. The van der Waals surface area contributed by atoms with Gasteiger partial charge in [-0.1, -0.05) is 13.8 Å². The van der Waals surface area contributed by atoms with Gasteiger partial charge in [0.15, 0.2) is 0 Å². The van der Waals surface area contributed by atoms with E-state index in [2.05, 4.69) is 15.3 Å². The SMILES string of the molecule is CCNc1cc(N(CC)CC(N)=O)nc(C(C)C)n1. The third-order valence-electron chi connectivity index (χ3n) is 2.66. The van der Waals surface area contributed by atoms with Gasteiger partial charge in [-0.3, -0.25) is 4.79 Å². The summed E-state index contributed by atoms with van der Waals surface area (Å²) in [6.07, 6.45) is 0. The van der Waals surface area contributed by atoms with Gasteiger partial charge in [-0.25, -0.2) is 9.97 Å². The highest BCUT2D eigenvalue weighted by Gasteiger charge is 2.13. The molecule has 0 saturated carbocycles. The van der Waals surface area contributed by atoms with Gasteiger partial charge in [0.25, 0.3) is 0 Å². The van der Waals surface area contributed by atoms with E-state index in [4.69, 9.17) is 5.73 Å². The van der Waals surface area contributed by atoms with Crippen molar-refractivity contribution in [2.45, 2.75) is 33.6 Å². The summed E-state index contributed by atoms with van der Waals surface area (Å²) in [6.45, 7) is 9.68. The summed E-state index contributed by atoms with van der Waals surface area (Å²) in [5.41, 5.74) is 5.26. The molecule has 19 heavy (non-hydrogen) atoms. The van der Waals surface area contributed by atoms with Crippen molar-refractivity contribution in [2.24, 2.45) is 5.73 Å².